The Hall–Kier alpha value is -2.82. The number of hydrogen-bond acceptors (Lipinski definition) is 6. The molecule has 2 aromatic carbocycles. The van der Waals surface area contributed by atoms with E-state index in [-0.39, 0.29) is 34.6 Å². The number of sulfonamides is 1. The van der Waals surface area contributed by atoms with E-state index in [1.807, 2.05) is 0 Å². The Kier molecular flexibility index (Phi) is 6.54. The first-order valence-electron chi connectivity index (χ1n) is 10.0. The van der Waals surface area contributed by atoms with Crippen molar-refractivity contribution in [2.75, 3.05) is 18.4 Å². The lowest BCUT2D eigenvalue weighted by molar-refractivity contribution is -0.116. The summed E-state index contributed by atoms with van der Waals surface area (Å²) in [6.07, 6.45) is 2.02. The Labute approximate surface area is 189 Å². The van der Waals surface area contributed by atoms with E-state index < -0.39 is 15.8 Å². The van der Waals surface area contributed by atoms with Crippen molar-refractivity contribution in [2.24, 2.45) is 0 Å². The van der Waals surface area contributed by atoms with Gasteiger partial charge in [-0.1, -0.05) is 16.8 Å². The maximum Gasteiger partial charge on any atom is 0.243 e. The lowest BCUT2D eigenvalue weighted by Gasteiger charge is -2.15. The standard InChI is InChI=1S/C21H20ClFN4O4S/c22-17-13-15(5-8-18(17)23)24-19(28)9-10-20-25-21(26-31-20)14-3-6-16(7-4-14)32(29,30)27-11-1-2-12-27/h3-8,13H,1-2,9-12H2,(H,24,28). The van der Waals surface area contributed by atoms with E-state index in [9.17, 15) is 17.6 Å². The molecule has 2 heterocycles. The summed E-state index contributed by atoms with van der Waals surface area (Å²) in [5.41, 5.74) is 0.988. The molecule has 1 aliphatic heterocycles. The molecular weight excluding hydrogens is 459 g/mol. The molecule has 1 saturated heterocycles. The molecule has 1 N–H and O–H groups in total. The minimum Gasteiger partial charge on any atom is -0.339 e. The molecule has 0 atom stereocenters. The molecule has 0 bridgehead atoms. The zero-order valence-electron chi connectivity index (χ0n) is 16.9. The number of nitrogens with zero attached hydrogens (tertiary/aromatic N) is 3. The van der Waals surface area contributed by atoms with Crippen LogP contribution < -0.4 is 5.32 Å². The highest BCUT2D eigenvalue weighted by atomic mass is 35.5. The third kappa shape index (κ3) is 4.98. The fourth-order valence-corrected chi connectivity index (χ4v) is 5.04. The van der Waals surface area contributed by atoms with Gasteiger partial charge in [-0.2, -0.15) is 9.29 Å². The molecule has 11 heteroatoms. The smallest absolute Gasteiger partial charge is 0.243 e. The fraction of sp³-hybridized carbons (Fsp3) is 0.286. The van der Waals surface area contributed by atoms with Gasteiger partial charge in [-0.3, -0.25) is 4.79 Å². The van der Waals surface area contributed by atoms with Gasteiger partial charge in [-0.15, -0.1) is 0 Å². The molecule has 0 aliphatic carbocycles. The van der Waals surface area contributed by atoms with Crippen LogP contribution in [0, 0.1) is 5.82 Å². The monoisotopic (exact) mass is 478 g/mol. The second-order valence-corrected chi connectivity index (χ2v) is 9.67. The molecule has 1 fully saturated rings. The molecule has 168 valence electrons. The average Bonchev–Trinajstić information content (AvgIpc) is 3.48. The summed E-state index contributed by atoms with van der Waals surface area (Å²) in [6, 6.07) is 10.2. The van der Waals surface area contributed by atoms with E-state index in [1.165, 1.54) is 34.6 Å². The van der Waals surface area contributed by atoms with E-state index in [2.05, 4.69) is 15.5 Å². The van der Waals surface area contributed by atoms with Crippen LogP contribution in [0.15, 0.2) is 51.9 Å². The van der Waals surface area contributed by atoms with Crippen molar-refractivity contribution in [3.8, 4) is 11.4 Å². The number of halogens is 2. The van der Waals surface area contributed by atoms with Crippen molar-refractivity contribution in [1.29, 1.82) is 0 Å². The molecule has 0 radical (unpaired) electrons. The van der Waals surface area contributed by atoms with Crippen molar-refractivity contribution in [3.05, 3.63) is 59.2 Å². The number of carbonyl (C=O) groups is 1. The number of hydrogen-bond donors (Lipinski definition) is 1. The third-order valence-electron chi connectivity index (χ3n) is 5.05. The summed E-state index contributed by atoms with van der Waals surface area (Å²) in [5.74, 6) is -0.314. The Morgan fingerprint density at radius 1 is 1.16 bits per heavy atom. The molecule has 1 amide bonds. The largest absolute Gasteiger partial charge is 0.339 e. The first-order chi connectivity index (χ1) is 15.3. The van der Waals surface area contributed by atoms with Crippen LogP contribution in [0.2, 0.25) is 5.02 Å². The van der Waals surface area contributed by atoms with Crippen LogP contribution in [0.25, 0.3) is 11.4 Å². The number of anilines is 1. The second-order valence-electron chi connectivity index (χ2n) is 7.32. The zero-order valence-corrected chi connectivity index (χ0v) is 18.5. The summed E-state index contributed by atoms with van der Waals surface area (Å²) in [6.45, 7) is 1.08. The lowest BCUT2D eigenvalue weighted by atomic mass is 10.2. The van der Waals surface area contributed by atoms with Crippen LogP contribution in [-0.4, -0.2) is 41.9 Å². The topological polar surface area (TPSA) is 105 Å². The number of nitrogens with one attached hydrogen (secondary N) is 1. The predicted octanol–water partition coefficient (Wildman–Crippen LogP) is 3.88. The molecular formula is C21H20ClFN4O4S. The maximum atomic E-state index is 13.2. The van der Waals surface area contributed by atoms with Crippen LogP contribution in [0.4, 0.5) is 10.1 Å². The molecule has 32 heavy (non-hydrogen) atoms. The highest BCUT2D eigenvalue weighted by Crippen LogP contribution is 2.24. The van der Waals surface area contributed by atoms with Gasteiger partial charge in [-0.25, -0.2) is 12.8 Å². The summed E-state index contributed by atoms with van der Waals surface area (Å²) in [7, 11) is -3.49. The molecule has 0 unspecified atom stereocenters. The highest BCUT2D eigenvalue weighted by Gasteiger charge is 2.27. The number of aromatic nitrogens is 2. The summed E-state index contributed by atoms with van der Waals surface area (Å²) < 4.78 is 45.1. The van der Waals surface area contributed by atoms with Gasteiger partial charge >= 0.3 is 0 Å². The van der Waals surface area contributed by atoms with Crippen molar-refractivity contribution in [1.82, 2.24) is 14.4 Å². The van der Waals surface area contributed by atoms with Crippen LogP contribution in [0.3, 0.4) is 0 Å². The zero-order chi connectivity index (χ0) is 22.7. The SMILES string of the molecule is O=C(CCc1nc(-c2ccc(S(=O)(=O)N3CCCC3)cc2)no1)Nc1ccc(F)c(Cl)c1. The minimum absolute atomic E-state index is 0.0731. The molecule has 4 rings (SSSR count). The molecule has 0 saturated carbocycles. The Morgan fingerprint density at radius 3 is 2.56 bits per heavy atom. The van der Waals surface area contributed by atoms with Crippen molar-refractivity contribution >= 4 is 33.2 Å². The van der Waals surface area contributed by atoms with E-state index >= 15 is 0 Å². The predicted molar refractivity (Wildman–Crippen MR) is 116 cm³/mol. The quantitative estimate of drug-likeness (QED) is 0.552. The van der Waals surface area contributed by atoms with Gasteiger partial charge in [0, 0.05) is 37.2 Å². The summed E-state index contributed by atoms with van der Waals surface area (Å²) in [5, 5.41) is 6.44. The van der Waals surface area contributed by atoms with Crippen molar-refractivity contribution < 1.29 is 22.1 Å². The molecule has 0 spiro atoms. The van der Waals surface area contributed by atoms with Gasteiger partial charge < -0.3 is 9.84 Å². The van der Waals surface area contributed by atoms with E-state index in [0.29, 0.717) is 30.2 Å². The lowest BCUT2D eigenvalue weighted by Crippen LogP contribution is -2.27. The van der Waals surface area contributed by atoms with Gasteiger partial charge in [0.2, 0.25) is 27.6 Å². The van der Waals surface area contributed by atoms with Gasteiger partial charge in [0.25, 0.3) is 0 Å². The fourth-order valence-electron chi connectivity index (χ4n) is 3.35. The molecule has 8 nitrogen and oxygen atoms in total. The van der Waals surface area contributed by atoms with Crippen LogP contribution >= 0.6 is 11.6 Å². The summed E-state index contributed by atoms with van der Waals surface area (Å²) >= 11 is 5.70. The molecule has 3 aromatic rings. The van der Waals surface area contributed by atoms with Crippen LogP contribution in [-0.2, 0) is 21.2 Å². The first kappa shape index (κ1) is 22.4. The highest BCUT2D eigenvalue weighted by molar-refractivity contribution is 7.89. The number of aryl methyl sites for hydroxylation is 1. The number of benzene rings is 2. The average molecular weight is 479 g/mol. The van der Waals surface area contributed by atoms with E-state index in [1.54, 1.807) is 12.1 Å². The normalized spacial score (nSPS) is 14.6. The maximum absolute atomic E-state index is 13.2. The first-order valence-corrected chi connectivity index (χ1v) is 11.8. The second kappa shape index (κ2) is 9.35. The Balaban J connectivity index is 1.36. The van der Waals surface area contributed by atoms with E-state index in [4.69, 9.17) is 16.1 Å². The van der Waals surface area contributed by atoms with E-state index in [0.717, 1.165) is 12.8 Å². The summed E-state index contributed by atoms with van der Waals surface area (Å²) in [4.78, 5) is 16.6. The molecule has 1 aliphatic rings. The third-order valence-corrected chi connectivity index (χ3v) is 7.26. The Bertz CT molecular complexity index is 1220. The van der Waals surface area contributed by atoms with Gasteiger partial charge in [0.05, 0.1) is 9.92 Å². The van der Waals surface area contributed by atoms with Gasteiger partial charge in [-0.05, 0) is 55.3 Å². The number of rotatable bonds is 7. The van der Waals surface area contributed by atoms with Gasteiger partial charge in [0.1, 0.15) is 5.82 Å². The van der Waals surface area contributed by atoms with Crippen LogP contribution in [0.5, 0.6) is 0 Å². The van der Waals surface area contributed by atoms with Gasteiger partial charge in [0.15, 0.2) is 0 Å². The molecule has 1 aromatic heterocycles. The minimum atomic E-state index is -3.49. The van der Waals surface area contributed by atoms with Crippen molar-refractivity contribution in [3.63, 3.8) is 0 Å². The number of amides is 1. The van der Waals surface area contributed by atoms with Crippen molar-refractivity contribution in [2.45, 2.75) is 30.6 Å². The van der Waals surface area contributed by atoms with Crippen LogP contribution in [0.1, 0.15) is 25.2 Å². The number of carbonyl (C=O) groups excluding carboxylic acids is 1. The Morgan fingerprint density at radius 2 is 1.88 bits per heavy atom.